The zero-order valence-corrected chi connectivity index (χ0v) is 24.4. The van der Waals surface area contributed by atoms with Crippen LogP contribution in [-0.2, 0) is 5.41 Å². The highest BCUT2D eigenvalue weighted by Gasteiger charge is 2.36. The van der Waals surface area contributed by atoms with Crippen molar-refractivity contribution in [3.05, 3.63) is 157 Å². The van der Waals surface area contributed by atoms with E-state index < -0.39 is 0 Å². The molecule has 1 aliphatic carbocycles. The highest BCUT2D eigenvalue weighted by Crippen LogP contribution is 2.54. The first-order chi connectivity index (χ1) is 21.1. The SMILES string of the molecule is CC1(C)c2cc3ccccc3cc2-c2cc3c(-c4ccccc4)c4ccccc4c(-c4cccc5ccccc45)c3cc21. The van der Waals surface area contributed by atoms with E-state index in [-0.39, 0.29) is 5.41 Å². The fourth-order valence-electron chi connectivity index (χ4n) is 7.74. The Labute approximate surface area is 251 Å². The van der Waals surface area contributed by atoms with Crippen LogP contribution in [0.2, 0.25) is 0 Å². The summed E-state index contributed by atoms with van der Waals surface area (Å²) in [7, 11) is 0. The van der Waals surface area contributed by atoms with E-state index >= 15 is 0 Å². The molecule has 0 atom stereocenters. The standard InChI is InChI=1S/C43H30/c1-43(2)39-24-30-17-7-6-16-29(30)23-35(39)36-25-37-38(26-40(36)43)42(32-22-12-18-27-13-8-9-19-31(27)32)34-21-11-10-20-33(34)41(37)28-14-4-3-5-15-28/h3-26H,1-2H3. The Morgan fingerprint density at radius 3 is 1.65 bits per heavy atom. The molecular weight excluding hydrogens is 516 g/mol. The van der Waals surface area contributed by atoms with E-state index in [1.807, 2.05) is 0 Å². The van der Waals surface area contributed by atoms with Crippen molar-refractivity contribution in [3.8, 4) is 33.4 Å². The lowest BCUT2D eigenvalue weighted by molar-refractivity contribution is 0.662. The Balaban J connectivity index is 1.49. The van der Waals surface area contributed by atoms with Crippen LogP contribution in [0.4, 0.5) is 0 Å². The third-order valence-electron chi connectivity index (χ3n) is 9.81. The Morgan fingerprint density at radius 1 is 0.349 bits per heavy atom. The van der Waals surface area contributed by atoms with Crippen molar-refractivity contribution in [3.63, 3.8) is 0 Å². The van der Waals surface area contributed by atoms with Gasteiger partial charge in [0.05, 0.1) is 0 Å². The van der Waals surface area contributed by atoms with Gasteiger partial charge in [-0.2, -0.15) is 0 Å². The van der Waals surface area contributed by atoms with Gasteiger partial charge in [-0.1, -0.05) is 135 Å². The van der Waals surface area contributed by atoms with Crippen LogP contribution in [0.15, 0.2) is 146 Å². The quantitative estimate of drug-likeness (QED) is 0.189. The molecule has 0 radical (unpaired) electrons. The van der Waals surface area contributed by atoms with Gasteiger partial charge in [0.1, 0.15) is 0 Å². The number of hydrogen-bond acceptors (Lipinski definition) is 0. The molecule has 0 spiro atoms. The molecule has 0 heterocycles. The smallest absolute Gasteiger partial charge is 0.0159 e. The number of hydrogen-bond donors (Lipinski definition) is 0. The minimum Gasteiger partial charge on any atom is -0.0622 e. The highest BCUT2D eigenvalue weighted by atomic mass is 14.4. The largest absolute Gasteiger partial charge is 0.0622 e. The summed E-state index contributed by atoms with van der Waals surface area (Å²) in [4.78, 5) is 0. The van der Waals surface area contributed by atoms with Gasteiger partial charge in [-0.15, -0.1) is 0 Å². The normalized spacial score (nSPS) is 13.5. The van der Waals surface area contributed by atoms with E-state index in [0.717, 1.165) is 0 Å². The third kappa shape index (κ3) is 3.44. The van der Waals surface area contributed by atoms with Gasteiger partial charge < -0.3 is 0 Å². The van der Waals surface area contributed by atoms with Gasteiger partial charge in [0.25, 0.3) is 0 Å². The van der Waals surface area contributed by atoms with Gasteiger partial charge in [-0.3, -0.25) is 0 Å². The van der Waals surface area contributed by atoms with Crippen molar-refractivity contribution in [1.82, 2.24) is 0 Å². The Kier molecular flexibility index (Phi) is 5.05. The van der Waals surface area contributed by atoms with Gasteiger partial charge in [0.2, 0.25) is 0 Å². The molecule has 1 aliphatic rings. The Morgan fingerprint density at radius 2 is 0.884 bits per heavy atom. The van der Waals surface area contributed by atoms with Crippen molar-refractivity contribution >= 4 is 43.1 Å². The molecular formula is C43H30. The summed E-state index contributed by atoms with van der Waals surface area (Å²) < 4.78 is 0. The second kappa shape index (κ2) is 8.90. The molecule has 0 bridgehead atoms. The summed E-state index contributed by atoms with van der Waals surface area (Å²) in [6.07, 6.45) is 0. The molecule has 0 saturated heterocycles. The van der Waals surface area contributed by atoms with Gasteiger partial charge in [0, 0.05) is 5.41 Å². The van der Waals surface area contributed by atoms with Gasteiger partial charge in [-0.05, 0) is 112 Å². The fourth-order valence-corrected chi connectivity index (χ4v) is 7.74. The predicted octanol–water partition coefficient (Wildman–Crippen LogP) is 11.9. The average Bonchev–Trinajstić information content (AvgIpc) is 3.26. The van der Waals surface area contributed by atoms with Crippen LogP contribution < -0.4 is 0 Å². The van der Waals surface area contributed by atoms with E-state index in [1.54, 1.807) is 0 Å². The second-order valence-electron chi connectivity index (χ2n) is 12.5. The number of benzene rings is 8. The summed E-state index contributed by atoms with van der Waals surface area (Å²) in [5, 5.41) is 10.4. The molecule has 0 aliphatic heterocycles. The lowest BCUT2D eigenvalue weighted by Gasteiger charge is -2.24. The molecule has 0 unspecified atom stereocenters. The number of fused-ring (bicyclic) bond motifs is 7. The van der Waals surface area contributed by atoms with Crippen LogP contribution in [0, 0.1) is 0 Å². The van der Waals surface area contributed by atoms with Crippen molar-refractivity contribution in [1.29, 1.82) is 0 Å². The summed E-state index contributed by atoms with van der Waals surface area (Å²) in [5.74, 6) is 0. The molecule has 0 amide bonds. The Bertz CT molecular complexity index is 2400. The maximum absolute atomic E-state index is 2.53. The Hall–Kier alpha value is -5.20. The van der Waals surface area contributed by atoms with Crippen molar-refractivity contribution in [2.75, 3.05) is 0 Å². The molecule has 0 nitrogen and oxygen atoms in total. The monoisotopic (exact) mass is 546 g/mol. The summed E-state index contributed by atoms with van der Waals surface area (Å²) in [6.45, 7) is 4.80. The zero-order chi connectivity index (χ0) is 28.7. The van der Waals surface area contributed by atoms with Crippen molar-refractivity contribution < 1.29 is 0 Å². The molecule has 0 aromatic heterocycles. The maximum atomic E-state index is 2.53. The topological polar surface area (TPSA) is 0 Å². The average molecular weight is 547 g/mol. The van der Waals surface area contributed by atoms with Crippen LogP contribution in [-0.4, -0.2) is 0 Å². The summed E-state index contributed by atoms with van der Waals surface area (Å²) >= 11 is 0. The van der Waals surface area contributed by atoms with Crippen LogP contribution >= 0.6 is 0 Å². The maximum Gasteiger partial charge on any atom is 0.0159 e. The van der Waals surface area contributed by atoms with E-state index in [4.69, 9.17) is 0 Å². The van der Waals surface area contributed by atoms with Crippen LogP contribution in [0.3, 0.4) is 0 Å². The fraction of sp³-hybridized carbons (Fsp3) is 0.0698. The van der Waals surface area contributed by atoms with Crippen LogP contribution in [0.5, 0.6) is 0 Å². The first-order valence-corrected chi connectivity index (χ1v) is 15.2. The second-order valence-corrected chi connectivity index (χ2v) is 12.5. The summed E-state index contributed by atoms with van der Waals surface area (Å²) in [5.41, 5.74) is 10.6. The number of rotatable bonds is 2. The van der Waals surface area contributed by atoms with E-state index in [0.29, 0.717) is 0 Å². The highest BCUT2D eigenvalue weighted by molar-refractivity contribution is 6.24. The molecule has 43 heavy (non-hydrogen) atoms. The van der Waals surface area contributed by atoms with Crippen LogP contribution in [0.25, 0.3) is 76.5 Å². The molecule has 0 heteroatoms. The molecule has 202 valence electrons. The first kappa shape index (κ1) is 24.4. The van der Waals surface area contributed by atoms with E-state index in [2.05, 4.69) is 159 Å². The van der Waals surface area contributed by atoms with E-state index in [1.165, 1.54) is 87.6 Å². The van der Waals surface area contributed by atoms with Crippen molar-refractivity contribution in [2.45, 2.75) is 19.3 Å². The van der Waals surface area contributed by atoms with Crippen molar-refractivity contribution in [2.24, 2.45) is 0 Å². The van der Waals surface area contributed by atoms with Crippen LogP contribution in [0.1, 0.15) is 25.0 Å². The molecule has 8 aromatic carbocycles. The van der Waals surface area contributed by atoms with Gasteiger partial charge >= 0.3 is 0 Å². The molecule has 0 fully saturated rings. The summed E-state index contributed by atoms with van der Waals surface area (Å²) in [6, 6.07) is 54.2. The third-order valence-corrected chi connectivity index (χ3v) is 9.81. The zero-order valence-electron chi connectivity index (χ0n) is 24.4. The molecule has 9 rings (SSSR count). The molecule has 8 aromatic rings. The molecule has 0 saturated carbocycles. The predicted molar refractivity (Wildman–Crippen MR) is 185 cm³/mol. The lowest BCUT2D eigenvalue weighted by atomic mass is 9.79. The van der Waals surface area contributed by atoms with E-state index in [9.17, 15) is 0 Å². The minimum absolute atomic E-state index is 0.114. The van der Waals surface area contributed by atoms with Gasteiger partial charge in [0.15, 0.2) is 0 Å². The minimum atomic E-state index is -0.114. The van der Waals surface area contributed by atoms with Gasteiger partial charge in [-0.25, -0.2) is 0 Å². The molecule has 0 N–H and O–H groups in total. The lowest BCUT2D eigenvalue weighted by Crippen LogP contribution is -2.15. The first-order valence-electron chi connectivity index (χ1n) is 15.2.